The number of amides is 1. The van der Waals surface area contributed by atoms with Crippen LogP contribution in [0.4, 0.5) is 0 Å². The van der Waals surface area contributed by atoms with E-state index in [4.69, 9.17) is 9.47 Å². The number of carbonyl (C=O) groups is 1. The Bertz CT molecular complexity index is 528. The van der Waals surface area contributed by atoms with Gasteiger partial charge in [0.15, 0.2) is 0 Å². The molecule has 0 radical (unpaired) electrons. The molecule has 5 heteroatoms. The van der Waals surface area contributed by atoms with Crippen molar-refractivity contribution in [2.45, 2.75) is 43.8 Å². The average molecular weight is 321 g/mol. The maximum absolute atomic E-state index is 12.6. The summed E-state index contributed by atoms with van der Waals surface area (Å²) < 4.78 is 12.1. The Hall–Kier alpha value is -0.910. The fraction of sp³-hybridized carbons (Fsp3) is 0.706. The highest BCUT2D eigenvalue weighted by Gasteiger charge is 2.45. The zero-order valence-electron chi connectivity index (χ0n) is 12.8. The van der Waals surface area contributed by atoms with Gasteiger partial charge in [-0.1, -0.05) is 0 Å². The van der Waals surface area contributed by atoms with Crippen molar-refractivity contribution in [3.05, 3.63) is 22.4 Å². The summed E-state index contributed by atoms with van der Waals surface area (Å²) in [5.74, 6) is 0.936. The van der Waals surface area contributed by atoms with Crippen molar-refractivity contribution in [3.8, 4) is 0 Å². The SMILES string of the molecule is O=C(c1ccsc1)N1CCC[C@@]2(C[C@@H](OCC3CC3)CO2)C1. The third-order valence-corrected chi connectivity index (χ3v) is 5.72. The fourth-order valence-electron chi connectivity index (χ4n) is 3.59. The molecule has 22 heavy (non-hydrogen) atoms. The first kappa shape index (κ1) is 14.7. The van der Waals surface area contributed by atoms with E-state index in [0.717, 1.165) is 43.9 Å². The molecule has 1 aromatic heterocycles. The lowest BCUT2D eigenvalue weighted by Gasteiger charge is -2.39. The maximum Gasteiger partial charge on any atom is 0.254 e. The molecule has 3 heterocycles. The largest absolute Gasteiger partial charge is 0.375 e. The zero-order chi connectivity index (χ0) is 15.0. The Morgan fingerprint density at radius 1 is 1.50 bits per heavy atom. The molecule has 120 valence electrons. The van der Waals surface area contributed by atoms with Crippen LogP contribution in [0.15, 0.2) is 16.8 Å². The second-order valence-corrected chi connectivity index (χ2v) is 7.72. The Kier molecular flexibility index (Phi) is 3.96. The lowest BCUT2D eigenvalue weighted by Crippen LogP contribution is -2.50. The number of hydrogen-bond acceptors (Lipinski definition) is 4. The van der Waals surface area contributed by atoms with Crippen LogP contribution >= 0.6 is 11.3 Å². The van der Waals surface area contributed by atoms with Gasteiger partial charge in [-0.3, -0.25) is 4.79 Å². The van der Waals surface area contributed by atoms with Gasteiger partial charge in [0.25, 0.3) is 5.91 Å². The van der Waals surface area contributed by atoms with E-state index in [-0.39, 0.29) is 17.6 Å². The third kappa shape index (κ3) is 3.07. The van der Waals surface area contributed by atoms with Crippen LogP contribution in [-0.4, -0.2) is 48.8 Å². The molecule has 1 aliphatic carbocycles. The summed E-state index contributed by atoms with van der Waals surface area (Å²) in [6.07, 6.45) is 5.86. The first-order valence-electron chi connectivity index (χ1n) is 8.31. The van der Waals surface area contributed by atoms with Gasteiger partial charge in [-0.2, -0.15) is 11.3 Å². The summed E-state index contributed by atoms with van der Waals surface area (Å²) in [5.41, 5.74) is 0.639. The monoisotopic (exact) mass is 321 g/mol. The van der Waals surface area contributed by atoms with Crippen LogP contribution < -0.4 is 0 Å². The molecular weight excluding hydrogens is 298 g/mol. The van der Waals surface area contributed by atoms with Crippen LogP contribution in [0.2, 0.25) is 0 Å². The quantitative estimate of drug-likeness (QED) is 0.856. The number of hydrogen-bond donors (Lipinski definition) is 0. The second kappa shape index (κ2) is 5.95. The molecule has 2 saturated heterocycles. The zero-order valence-corrected chi connectivity index (χ0v) is 13.6. The Labute approximate surface area is 135 Å². The van der Waals surface area contributed by atoms with Crippen molar-refractivity contribution in [2.75, 3.05) is 26.3 Å². The minimum absolute atomic E-state index is 0.145. The van der Waals surface area contributed by atoms with Gasteiger partial charge < -0.3 is 14.4 Å². The predicted molar refractivity (Wildman–Crippen MR) is 85.2 cm³/mol. The normalized spacial score (nSPS) is 31.8. The predicted octanol–water partition coefficient (Wildman–Crippen LogP) is 2.94. The Morgan fingerprint density at radius 2 is 2.41 bits per heavy atom. The smallest absolute Gasteiger partial charge is 0.254 e. The van der Waals surface area contributed by atoms with Gasteiger partial charge in [0.1, 0.15) is 0 Å². The third-order valence-electron chi connectivity index (χ3n) is 5.03. The molecule has 3 aliphatic rings. The summed E-state index contributed by atoms with van der Waals surface area (Å²) in [7, 11) is 0. The number of likely N-dealkylation sites (tertiary alicyclic amines) is 1. The van der Waals surface area contributed by atoms with Crippen LogP contribution in [0.1, 0.15) is 42.5 Å². The van der Waals surface area contributed by atoms with Crippen LogP contribution in [0.5, 0.6) is 0 Å². The van der Waals surface area contributed by atoms with Crippen LogP contribution in [-0.2, 0) is 9.47 Å². The van der Waals surface area contributed by atoms with E-state index in [2.05, 4.69) is 0 Å². The lowest BCUT2D eigenvalue weighted by atomic mass is 9.89. The summed E-state index contributed by atoms with van der Waals surface area (Å²) >= 11 is 1.57. The van der Waals surface area contributed by atoms with Gasteiger partial charge in [-0.05, 0) is 43.0 Å². The molecule has 3 fully saturated rings. The van der Waals surface area contributed by atoms with Gasteiger partial charge in [0.05, 0.1) is 30.4 Å². The number of rotatable bonds is 4. The average Bonchev–Trinajstić information content (AvgIpc) is 3.05. The summed E-state index contributed by atoms with van der Waals surface area (Å²) in [6.45, 7) is 3.13. The molecule has 4 rings (SSSR count). The topological polar surface area (TPSA) is 38.8 Å². The molecule has 1 spiro atoms. The number of piperidine rings is 1. The molecule has 4 nitrogen and oxygen atoms in total. The number of ether oxygens (including phenoxy) is 2. The maximum atomic E-state index is 12.6. The van der Waals surface area contributed by atoms with Crippen molar-refractivity contribution < 1.29 is 14.3 Å². The van der Waals surface area contributed by atoms with Crippen molar-refractivity contribution >= 4 is 17.2 Å². The van der Waals surface area contributed by atoms with E-state index >= 15 is 0 Å². The fourth-order valence-corrected chi connectivity index (χ4v) is 4.22. The summed E-state index contributed by atoms with van der Waals surface area (Å²) in [6, 6.07) is 1.91. The van der Waals surface area contributed by atoms with E-state index in [1.807, 2.05) is 21.7 Å². The molecule has 2 aliphatic heterocycles. The van der Waals surface area contributed by atoms with E-state index in [0.29, 0.717) is 13.2 Å². The standard InChI is InChI=1S/C17H23NO3S/c19-16(14-4-7-22-11-14)18-6-1-5-17(12-18)8-15(10-21-17)20-9-13-2-3-13/h4,7,11,13,15H,1-3,5-6,8-10,12H2/t15-,17-/m1/s1. The van der Waals surface area contributed by atoms with E-state index in [1.54, 1.807) is 11.3 Å². The highest BCUT2D eigenvalue weighted by atomic mass is 32.1. The van der Waals surface area contributed by atoms with E-state index in [1.165, 1.54) is 12.8 Å². The number of carbonyl (C=O) groups excluding carboxylic acids is 1. The molecule has 1 amide bonds. The number of thiophene rings is 1. The van der Waals surface area contributed by atoms with Crippen molar-refractivity contribution in [1.29, 1.82) is 0 Å². The van der Waals surface area contributed by atoms with Crippen molar-refractivity contribution in [3.63, 3.8) is 0 Å². The molecule has 0 unspecified atom stereocenters. The molecule has 0 aromatic carbocycles. The Balaban J connectivity index is 1.37. The summed E-state index contributed by atoms with van der Waals surface area (Å²) in [5, 5.41) is 3.89. The van der Waals surface area contributed by atoms with E-state index in [9.17, 15) is 4.79 Å². The van der Waals surface area contributed by atoms with Gasteiger partial charge in [-0.15, -0.1) is 0 Å². The van der Waals surface area contributed by atoms with Gasteiger partial charge in [-0.25, -0.2) is 0 Å². The van der Waals surface area contributed by atoms with Crippen LogP contribution in [0.25, 0.3) is 0 Å². The van der Waals surface area contributed by atoms with Crippen LogP contribution in [0, 0.1) is 5.92 Å². The first-order valence-corrected chi connectivity index (χ1v) is 9.25. The molecule has 2 atom stereocenters. The molecule has 1 aromatic rings. The van der Waals surface area contributed by atoms with Gasteiger partial charge >= 0.3 is 0 Å². The molecule has 0 N–H and O–H groups in total. The van der Waals surface area contributed by atoms with Gasteiger partial charge in [0, 0.05) is 25.0 Å². The number of nitrogens with zero attached hydrogens (tertiary/aromatic N) is 1. The first-order chi connectivity index (χ1) is 10.7. The molecular formula is C17H23NO3S. The highest BCUT2D eigenvalue weighted by molar-refractivity contribution is 7.08. The Morgan fingerprint density at radius 3 is 3.18 bits per heavy atom. The minimum Gasteiger partial charge on any atom is -0.375 e. The molecule has 1 saturated carbocycles. The molecule has 0 bridgehead atoms. The van der Waals surface area contributed by atoms with Crippen molar-refractivity contribution in [2.24, 2.45) is 5.92 Å². The van der Waals surface area contributed by atoms with Gasteiger partial charge in [0.2, 0.25) is 0 Å². The van der Waals surface area contributed by atoms with E-state index < -0.39 is 0 Å². The van der Waals surface area contributed by atoms with Crippen LogP contribution in [0.3, 0.4) is 0 Å². The summed E-state index contributed by atoms with van der Waals surface area (Å²) in [4.78, 5) is 14.5. The lowest BCUT2D eigenvalue weighted by molar-refractivity contribution is -0.0464. The van der Waals surface area contributed by atoms with Crippen molar-refractivity contribution in [1.82, 2.24) is 4.90 Å². The minimum atomic E-state index is -0.169. The second-order valence-electron chi connectivity index (χ2n) is 6.94. The highest BCUT2D eigenvalue weighted by Crippen LogP contribution is 2.37.